The van der Waals surface area contributed by atoms with Crippen LogP contribution in [0.4, 0.5) is 22.7 Å². The number of nitro benzene ring substituents is 2. The van der Waals surface area contributed by atoms with Crippen molar-refractivity contribution in [3.8, 4) is 40.2 Å². The van der Waals surface area contributed by atoms with Crippen LogP contribution in [0.3, 0.4) is 0 Å². The van der Waals surface area contributed by atoms with Gasteiger partial charge in [0.25, 0.3) is 17.3 Å². The number of para-hydroxylation sites is 1. The van der Waals surface area contributed by atoms with Gasteiger partial charge in [-0.2, -0.15) is 0 Å². The minimum absolute atomic E-state index is 0.000420. The van der Waals surface area contributed by atoms with Gasteiger partial charge in [-0.25, -0.2) is 0 Å². The summed E-state index contributed by atoms with van der Waals surface area (Å²) in [4.78, 5) is 127. The van der Waals surface area contributed by atoms with Crippen LogP contribution in [0.5, 0.6) is 40.2 Å². The van der Waals surface area contributed by atoms with Crippen molar-refractivity contribution < 1.29 is 87.6 Å². The van der Waals surface area contributed by atoms with Gasteiger partial charge in [-0.1, -0.05) is 240 Å². The molecule has 0 aliphatic rings. The standard InChI is InChI=1S/C15H22O.C14H18O3.C13H18N2O2.C12H15NO3.C12H17NO2.C12H16O3.C12H16O2.C11H13NO4/c1-5-6-7-12-8-10-13(11-9-12)14(16)15(2,3)4;1-14(2,3)13(16)8-6-10-5-7-11(15)12(9-10)17-4;1-13(2,3)11(16)8-15-12(17)9-4-6-10(14)7-5-9;1-8-9(11(14)12(2,3)4)6-5-7-10(8)13(15)16;1-12(2,3)11(15)8-13-9-4-6-10(14)7-5-9;1-12(2,3)11(14)8-5-6-10(15-4)9(13)7-8;1-12(2,3)11(13)9-7-5-6-8-10(9)14-4;1-11(2,3)10(14)8-6-7(12(15)16)4-5-9(8)13/h8-11H,5-7H2,1-4H3;5-9,15H,1-4H3;4-7H,8,14H2,1-3H3,(H,15,17);5-7H,1-4H3;4-7,13-14H,8H2,1-3H3;5-7,13H,1-4H3;5-8H,1-4H3;4-6,13H,1-3H3/b;8-6+;;;;;;. The molecule has 0 radical (unpaired) electrons. The third-order valence-corrected chi connectivity index (χ3v) is 18.4. The van der Waals surface area contributed by atoms with Crippen LogP contribution < -0.4 is 30.6 Å². The summed E-state index contributed by atoms with van der Waals surface area (Å²) in [6.45, 7) is 48.5. The molecule has 1 amide bonds. The lowest BCUT2D eigenvalue weighted by Crippen LogP contribution is -2.35. The first kappa shape index (κ1) is 111. The van der Waals surface area contributed by atoms with Crippen LogP contribution in [-0.2, 0) is 20.8 Å². The predicted octanol–water partition coefficient (Wildman–Crippen LogP) is 22.5. The maximum atomic E-state index is 12.0. The van der Waals surface area contributed by atoms with Crippen molar-refractivity contribution in [2.24, 2.45) is 43.3 Å². The van der Waals surface area contributed by atoms with Gasteiger partial charge in [-0.15, -0.1) is 0 Å². The summed E-state index contributed by atoms with van der Waals surface area (Å²) in [5.41, 5.74) is 8.80. The lowest BCUT2D eigenvalue weighted by molar-refractivity contribution is -0.385. The number of nitrogens with one attached hydrogen (secondary N) is 2. The number of hydrogen-bond acceptors (Lipinski definition) is 22. The molecule has 0 spiro atoms. The van der Waals surface area contributed by atoms with Gasteiger partial charge in [0, 0.05) is 101 Å². The van der Waals surface area contributed by atoms with Crippen LogP contribution in [0.2, 0.25) is 0 Å². The van der Waals surface area contributed by atoms with Crippen LogP contribution in [0.25, 0.3) is 6.08 Å². The Kier molecular flexibility index (Phi) is 43.4. The highest BCUT2D eigenvalue weighted by Gasteiger charge is 2.31. The Hall–Kier alpha value is -12.7. The minimum atomic E-state index is -0.688. The first-order valence-electron chi connectivity index (χ1n) is 41.2. The lowest BCUT2D eigenvalue weighted by atomic mass is 9.84. The van der Waals surface area contributed by atoms with Crippen LogP contribution in [0, 0.1) is 70.5 Å². The number of carbonyl (C=O) groups is 9. The summed E-state index contributed by atoms with van der Waals surface area (Å²) >= 11 is 0. The number of phenolic OH excluding ortho intramolecular Hbond substituents is 4. The maximum Gasteiger partial charge on any atom is 0.273 e. The number of aryl methyl sites for hydroxylation is 1. The smallest absolute Gasteiger partial charge is 0.273 e. The summed E-state index contributed by atoms with van der Waals surface area (Å²) in [7, 11) is 4.54. The van der Waals surface area contributed by atoms with Gasteiger partial charge >= 0.3 is 0 Å². The Balaban J connectivity index is 0.000000720. The predicted molar refractivity (Wildman–Crippen MR) is 501 cm³/mol. The number of ether oxygens (including phenoxy) is 3. The van der Waals surface area contributed by atoms with Crippen molar-refractivity contribution in [3.05, 3.63) is 246 Å². The van der Waals surface area contributed by atoms with Crippen molar-refractivity contribution in [1.82, 2.24) is 5.32 Å². The average Bonchev–Trinajstić information content (AvgIpc) is 0.818. The molecule has 0 aliphatic carbocycles. The molecule has 25 nitrogen and oxygen atoms in total. The quantitative estimate of drug-likeness (QED) is 0.00877. The molecule has 8 rings (SSSR count). The lowest BCUT2D eigenvalue weighted by Gasteiger charge is -2.18. The molecule has 8 aromatic carbocycles. The Morgan fingerprint density at radius 3 is 1.33 bits per heavy atom. The van der Waals surface area contributed by atoms with E-state index < -0.39 is 31.5 Å². The molecule has 684 valence electrons. The summed E-state index contributed by atoms with van der Waals surface area (Å²) in [6.07, 6.45) is 6.80. The number of benzene rings is 8. The van der Waals surface area contributed by atoms with Crippen molar-refractivity contribution in [1.29, 1.82) is 0 Å². The number of carbonyl (C=O) groups excluding carboxylic acids is 9. The number of unbranched alkanes of at least 4 members (excludes halogenated alkanes) is 1. The van der Waals surface area contributed by atoms with E-state index in [-0.39, 0.29) is 120 Å². The Bertz CT molecular complexity index is 5000. The number of allylic oxidation sites excluding steroid dienone is 1. The van der Waals surface area contributed by atoms with E-state index in [4.69, 9.17) is 25.1 Å². The van der Waals surface area contributed by atoms with Crippen molar-refractivity contribution in [3.63, 3.8) is 0 Å². The molecule has 0 atom stereocenters. The van der Waals surface area contributed by atoms with Gasteiger partial charge in [0.2, 0.25) is 0 Å². The molecule has 0 aliphatic heterocycles. The fraction of sp³-hybridized carbons (Fsp3) is 0.416. The molecular formula is C101H135N5O20. The van der Waals surface area contributed by atoms with Gasteiger partial charge in [0.15, 0.2) is 69.3 Å². The Morgan fingerprint density at radius 1 is 0.421 bits per heavy atom. The van der Waals surface area contributed by atoms with E-state index in [1.807, 2.05) is 149 Å². The number of hydrogen-bond donors (Lipinski definition) is 7. The van der Waals surface area contributed by atoms with E-state index in [0.29, 0.717) is 57.3 Å². The maximum absolute atomic E-state index is 12.0. The molecule has 0 heterocycles. The highest BCUT2D eigenvalue weighted by atomic mass is 16.6. The second-order valence-electron chi connectivity index (χ2n) is 37.9. The van der Waals surface area contributed by atoms with E-state index >= 15 is 0 Å². The number of phenols is 4. The van der Waals surface area contributed by atoms with Crippen LogP contribution >= 0.6 is 0 Å². The summed E-state index contributed by atoms with van der Waals surface area (Å²) in [5, 5.41) is 64.4. The SMILES string of the molecule is CC(C)(C)C(=O)CNC(=O)c1ccc(N)cc1.CC(C)(C)C(=O)CNc1ccc(O)cc1.CC(C)(C)C(=O)c1cc([N+](=O)[O-])ccc1O.CCCCc1ccc(C(=O)C(C)(C)C)cc1.COc1cc(/C=C/C(=O)C(C)(C)C)ccc1O.COc1ccc(C(=O)C(C)(C)C)cc1O.COc1ccccc1C(=O)C(C)(C)C.Cc1c(C(=O)C(C)(C)C)cccc1[N+](=O)[O-]. The zero-order chi connectivity index (χ0) is 97.2. The number of anilines is 2. The summed E-state index contributed by atoms with van der Waals surface area (Å²) in [5.74, 6) is 1.38. The van der Waals surface area contributed by atoms with Gasteiger partial charge in [0.1, 0.15) is 17.2 Å². The molecule has 0 aromatic heterocycles. The van der Waals surface area contributed by atoms with Crippen molar-refractivity contribution in [2.45, 2.75) is 199 Å². The molecular weight excluding hydrogens is 1600 g/mol. The van der Waals surface area contributed by atoms with Gasteiger partial charge in [-0.05, 0) is 134 Å². The number of non-ortho nitro benzene ring substituents is 1. The number of Topliss-reactive ketones (excluding diaryl/α,β-unsaturated/α-hetero) is 7. The number of nitrogen functional groups attached to an aromatic ring is 1. The summed E-state index contributed by atoms with van der Waals surface area (Å²) in [6, 6.07) is 46.3. The van der Waals surface area contributed by atoms with E-state index in [9.17, 15) is 78.7 Å². The third-order valence-electron chi connectivity index (χ3n) is 18.4. The highest BCUT2D eigenvalue weighted by molar-refractivity contribution is 6.05. The highest BCUT2D eigenvalue weighted by Crippen LogP contribution is 2.35. The van der Waals surface area contributed by atoms with Crippen LogP contribution in [0.15, 0.2) is 176 Å². The number of nitrogens with two attached hydrogens (primary N) is 1. The number of methoxy groups -OCH3 is 3. The molecule has 0 bridgehead atoms. The molecule has 0 fully saturated rings. The number of nitrogens with zero attached hydrogens (tertiary/aromatic N) is 2. The Labute approximate surface area is 744 Å². The van der Waals surface area contributed by atoms with Crippen LogP contribution in [-0.4, -0.2) is 117 Å². The van der Waals surface area contributed by atoms with Crippen molar-refractivity contribution in [2.75, 3.05) is 45.5 Å². The van der Waals surface area contributed by atoms with Crippen LogP contribution in [0.1, 0.15) is 265 Å². The zero-order valence-corrected chi connectivity index (χ0v) is 79.1. The van der Waals surface area contributed by atoms with Crippen molar-refractivity contribution >= 4 is 81.0 Å². The topological polar surface area (TPSA) is 399 Å². The second-order valence-corrected chi connectivity index (χ2v) is 37.9. The second kappa shape index (κ2) is 49.1. The average molecular weight is 1740 g/mol. The molecule has 25 heteroatoms. The molecule has 8 N–H and O–H groups in total. The molecule has 0 saturated carbocycles. The number of nitro groups is 2. The van der Waals surface area contributed by atoms with Gasteiger partial charge in [0.05, 0.1) is 55.4 Å². The fourth-order valence-corrected chi connectivity index (χ4v) is 10.2. The van der Waals surface area contributed by atoms with E-state index in [2.05, 4.69) is 29.7 Å². The monoisotopic (exact) mass is 1740 g/mol. The minimum Gasteiger partial charge on any atom is -0.508 e. The normalized spacial score (nSPS) is 11.3. The number of rotatable bonds is 21. The number of ketones is 8. The first-order chi connectivity index (χ1) is 57.8. The molecule has 8 aromatic rings. The van der Waals surface area contributed by atoms with Gasteiger partial charge in [-0.3, -0.25) is 63.4 Å². The molecule has 0 unspecified atom stereocenters. The van der Waals surface area contributed by atoms with E-state index in [0.717, 1.165) is 41.4 Å². The molecule has 126 heavy (non-hydrogen) atoms. The largest absolute Gasteiger partial charge is 0.508 e. The molecule has 0 saturated heterocycles. The Morgan fingerprint density at radius 2 is 0.873 bits per heavy atom. The van der Waals surface area contributed by atoms with Gasteiger partial charge < -0.3 is 51.0 Å². The van der Waals surface area contributed by atoms with E-state index in [1.165, 1.54) is 44.8 Å². The van der Waals surface area contributed by atoms with E-state index in [1.54, 1.807) is 171 Å². The first-order valence-corrected chi connectivity index (χ1v) is 41.2. The number of aromatic hydroxyl groups is 4. The zero-order valence-electron chi connectivity index (χ0n) is 79.1. The summed E-state index contributed by atoms with van der Waals surface area (Å²) < 4.78 is 15.0. The fourth-order valence-electron chi connectivity index (χ4n) is 10.2. The third kappa shape index (κ3) is 39.0. The number of amides is 1.